The average Bonchev–Trinajstić information content (AvgIpc) is 2.66. The number of hydrogen-bond acceptors (Lipinski definition) is 5. The van der Waals surface area contributed by atoms with Gasteiger partial charge in [0.2, 0.25) is 5.88 Å². The maximum Gasteiger partial charge on any atom is 0.219 e. The first-order valence-electron chi connectivity index (χ1n) is 9.36. The van der Waals surface area contributed by atoms with Crippen LogP contribution in [0.15, 0.2) is 47.6 Å². The maximum absolute atomic E-state index is 13.0. The Bertz CT molecular complexity index is 924. The van der Waals surface area contributed by atoms with E-state index in [1.807, 2.05) is 19.9 Å². The number of guanidine groups is 1. The summed E-state index contributed by atoms with van der Waals surface area (Å²) in [5, 5.41) is 6.36. The van der Waals surface area contributed by atoms with Crippen molar-refractivity contribution in [3.05, 3.63) is 54.0 Å². The van der Waals surface area contributed by atoms with Crippen LogP contribution in [0.5, 0.6) is 11.6 Å². The van der Waals surface area contributed by atoms with E-state index in [9.17, 15) is 12.8 Å². The Kier molecular flexibility index (Phi) is 11.0. The number of nitrogens with zero attached hydrogens (tertiary/aromatic N) is 2. The first-order valence-corrected chi connectivity index (χ1v) is 11.4. The molecule has 0 fully saturated rings. The lowest BCUT2D eigenvalue weighted by molar-refractivity contribution is 0.460. The van der Waals surface area contributed by atoms with E-state index in [-0.39, 0.29) is 41.6 Å². The summed E-state index contributed by atoms with van der Waals surface area (Å²) >= 11 is 0. The molecular formula is C20H28FIN4O3S. The molecule has 0 aliphatic carbocycles. The highest BCUT2D eigenvalue weighted by Gasteiger charge is 2.09. The number of aromatic nitrogens is 1. The number of pyridine rings is 1. The van der Waals surface area contributed by atoms with E-state index >= 15 is 0 Å². The highest BCUT2D eigenvalue weighted by atomic mass is 127. The summed E-state index contributed by atoms with van der Waals surface area (Å²) < 4.78 is 41.3. The lowest BCUT2D eigenvalue weighted by Gasteiger charge is -2.17. The van der Waals surface area contributed by atoms with Crippen LogP contribution in [0.3, 0.4) is 0 Å². The van der Waals surface area contributed by atoms with Crippen molar-refractivity contribution >= 4 is 39.8 Å². The van der Waals surface area contributed by atoms with Gasteiger partial charge in [0.15, 0.2) is 5.96 Å². The molecule has 1 aromatic carbocycles. The van der Waals surface area contributed by atoms with Crippen LogP contribution in [-0.2, 0) is 16.4 Å². The summed E-state index contributed by atoms with van der Waals surface area (Å²) in [6.07, 6.45) is 3.35. The van der Waals surface area contributed by atoms with Crippen LogP contribution < -0.4 is 15.4 Å². The van der Waals surface area contributed by atoms with Crippen molar-refractivity contribution in [2.45, 2.75) is 32.9 Å². The molecule has 1 atom stereocenters. The minimum Gasteiger partial charge on any atom is -0.439 e. The first-order chi connectivity index (χ1) is 13.7. The second-order valence-electron chi connectivity index (χ2n) is 6.72. The van der Waals surface area contributed by atoms with Crippen molar-refractivity contribution in [1.29, 1.82) is 0 Å². The Morgan fingerprint density at radius 3 is 2.60 bits per heavy atom. The number of nitrogens with one attached hydrogen (secondary N) is 2. The van der Waals surface area contributed by atoms with Crippen molar-refractivity contribution in [3.63, 3.8) is 0 Å². The molecule has 2 aromatic rings. The van der Waals surface area contributed by atoms with E-state index in [1.54, 1.807) is 12.3 Å². The number of ether oxygens (including phenoxy) is 1. The number of benzene rings is 1. The Hall–Kier alpha value is -1.95. The van der Waals surface area contributed by atoms with E-state index in [2.05, 4.69) is 20.6 Å². The SMILES string of the molecule is CCNC(=NCc1ccnc(Oc2ccc(F)cc2)c1)NC(C)CCS(C)(=O)=O.I. The van der Waals surface area contributed by atoms with Gasteiger partial charge < -0.3 is 15.4 Å². The third-order valence-electron chi connectivity index (χ3n) is 3.90. The molecule has 0 aliphatic heterocycles. The van der Waals surface area contributed by atoms with Crippen LogP contribution in [0.4, 0.5) is 4.39 Å². The second kappa shape index (κ2) is 12.7. The summed E-state index contributed by atoms with van der Waals surface area (Å²) in [6.45, 7) is 4.94. The van der Waals surface area contributed by atoms with Crippen LogP contribution in [0, 0.1) is 5.82 Å². The van der Waals surface area contributed by atoms with Crippen molar-refractivity contribution < 1.29 is 17.5 Å². The molecule has 0 spiro atoms. The molecule has 0 saturated carbocycles. The van der Waals surface area contributed by atoms with Crippen molar-refractivity contribution in [1.82, 2.24) is 15.6 Å². The van der Waals surface area contributed by atoms with Crippen molar-refractivity contribution in [3.8, 4) is 11.6 Å². The van der Waals surface area contributed by atoms with E-state index in [0.717, 1.165) is 5.56 Å². The molecule has 1 aromatic heterocycles. The van der Waals surface area contributed by atoms with Crippen molar-refractivity contribution in [2.24, 2.45) is 4.99 Å². The van der Waals surface area contributed by atoms with Gasteiger partial charge in [-0.2, -0.15) is 0 Å². The van der Waals surface area contributed by atoms with E-state index in [4.69, 9.17) is 4.74 Å². The molecule has 30 heavy (non-hydrogen) atoms. The molecule has 1 unspecified atom stereocenters. The largest absolute Gasteiger partial charge is 0.439 e. The standard InChI is InChI=1S/C20H27FN4O3S.HI/c1-4-22-20(25-15(2)10-12-29(3,26)27)24-14-16-9-11-23-19(13-16)28-18-7-5-17(21)6-8-18;/h5-9,11,13,15H,4,10,12,14H2,1-3H3,(H2,22,24,25);1H. The Balaban J connectivity index is 0.00000450. The van der Waals surface area contributed by atoms with Crippen LogP contribution in [0.2, 0.25) is 0 Å². The Morgan fingerprint density at radius 2 is 1.97 bits per heavy atom. The highest BCUT2D eigenvalue weighted by molar-refractivity contribution is 14.0. The van der Waals surface area contributed by atoms with E-state index in [1.165, 1.54) is 30.5 Å². The van der Waals surface area contributed by atoms with Gasteiger partial charge in [-0.1, -0.05) is 0 Å². The summed E-state index contributed by atoms with van der Waals surface area (Å²) in [6, 6.07) is 9.27. The lowest BCUT2D eigenvalue weighted by Crippen LogP contribution is -2.42. The first kappa shape index (κ1) is 26.1. The van der Waals surface area contributed by atoms with Crippen LogP contribution in [0.1, 0.15) is 25.8 Å². The second-order valence-corrected chi connectivity index (χ2v) is 8.98. The molecule has 7 nitrogen and oxygen atoms in total. The minimum absolute atomic E-state index is 0. The zero-order valence-corrected chi connectivity index (χ0v) is 20.4. The molecule has 0 bridgehead atoms. The molecule has 2 N–H and O–H groups in total. The smallest absolute Gasteiger partial charge is 0.219 e. The molecule has 0 aliphatic rings. The average molecular weight is 550 g/mol. The molecule has 10 heteroatoms. The normalized spacial score (nSPS) is 12.6. The van der Waals surface area contributed by atoms with Crippen LogP contribution in [-0.4, -0.2) is 44.0 Å². The summed E-state index contributed by atoms with van der Waals surface area (Å²) in [4.78, 5) is 8.70. The minimum atomic E-state index is -3.00. The predicted molar refractivity (Wildman–Crippen MR) is 128 cm³/mol. The molecule has 2 rings (SSSR count). The number of sulfone groups is 1. The van der Waals surface area contributed by atoms with E-state index < -0.39 is 9.84 Å². The molecule has 0 radical (unpaired) electrons. The van der Waals surface area contributed by atoms with Gasteiger partial charge in [0.05, 0.1) is 12.3 Å². The Labute approximate surface area is 194 Å². The fourth-order valence-electron chi connectivity index (χ4n) is 2.41. The molecule has 166 valence electrons. The summed E-state index contributed by atoms with van der Waals surface area (Å²) in [5.74, 6) is 1.28. The zero-order valence-electron chi connectivity index (χ0n) is 17.3. The fraction of sp³-hybridized carbons (Fsp3) is 0.400. The highest BCUT2D eigenvalue weighted by Crippen LogP contribution is 2.20. The maximum atomic E-state index is 13.0. The van der Waals surface area contributed by atoms with Gasteiger partial charge in [-0.25, -0.2) is 22.8 Å². The van der Waals surface area contributed by atoms with Gasteiger partial charge in [-0.05, 0) is 56.2 Å². The van der Waals surface area contributed by atoms with Crippen LogP contribution >= 0.6 is 24.0 Å². The van der Waals surface area contributed by atoms with Crippen LogP contribution in [0.25, 0.3) is 0 Å². The van der Waals surface area contributed by atoms with Gasteiger partial charge in [-0.3, -0.25) is 0 Å². The lowest BCUT2D eigenvalue weighted by atomic mass is 10.2. The fourth-order valence-corrected chi connectivity index (χ4v) is 3.20. The number of hydrogen-bond donors (Lipinski definition) is 2. The molecule has 0 amide bonds. The van der Waals surface area contributed by atoms with Gasteiger partial charge in [0.1, 0.15) is 21.4 Å². The summed E-state index contributed by atoms with van der Waals surface area (Å²) in [5.41, 5.74) is 0.887. The zero-order chi connectivity index (χ0) is 21.3. The summed E-state index contributed by atoms with van der Waals surface area (Å²) in [7, 11) is -3.00. The van der Waals surface area contributed by atoms with Gasteiger partial charge in [0.25, 0.3) is 0 Å². The molecule has 0 saturated heterocycles. The van der Waals surface area contributed by atoms with Gasteiger partial charge in [-0.15, -0.1) is 24.0 Å². The van der Waals surface area contributed by atoms with Crippen molar-refractivity contribution in [2.75, 3.05) is 18.6 Å². The topological polar surface area (TPSA) is 92.7 Å². The Morgan fingerprint density at radius 1 is 1.27 bits per heavy atom. The number of halogens is 2. The van der Waals surface area contributed by atoms with Gasteiger partial charge >= 0.3 is 0 Å². The third kappa shape index (κ3) is 10.2. The number of rotatable bonds is 9. The quantitative estimate of drug-likeness (QED) is 0.282. The predicted octanol–water partition coefficient (Wildman–Crippen LogP) is 3.51. The monoisotopic (exact) mass is 550 g/mol. The number of aliphatic imine (C=N–C) groups is 1. The molecule has 1 heterocycles. The van der Waals surface area contributed by atoms with Gasteiger partial charge in [0, 0.05) is 31.1 Å². The van der Waals surface area contributed by atoms with E-state index in [0.29, 0.717) is 37.1 Å². The third-order valence-corrected chi connectivity index (χ3v) is 4.88. The molecular weight excluding hydrogens is 522 g/mol.